The van der Waals surface area contributed by atoms with Crippen molar-refractivity contribution >= 4 is 27.9 Å². The van der Waals surface area contributed by atoms with Gasteiger partial charge in [0.1, 0.15) is 0 Å². The molecule has 0 spiro atoms. The second kappa shape index (κ2) is 3.32. The van der Waals surface area contributed by atoms with Gasteiger partial charge in [-0.3, -0.25) is 0 Å². The van der Waals surface area contributed by atoms with Gasteiger partial charge in [-0.2, -0.15) is 11.3 Å². The van der Waals surface area contributed by atoms with Crippen molar-refractivity contribution in [1.29, 1.82) is 0 Å². The fourth-order valence-electron chi connectivity index (χ4n) is 1.07. The number of halogens is 1. The summed E-state index contributed by atoms with van der Waals surface area (Å²) in [7, 11) is 0. The fraction of sp³-hybridized carbons (Fsp3) is 0.500. The van der Waals surface area contributed by atoms with Crippen LogP contribution in [0.3, 0.4) is 0 Å². The summed E-state index contributed by atoms with van der Waals surface area (Å²) in [5.74, 6) is 0. The van der Waals surface area contributed by atoms with Gasteiger partial charge < -0.3 is 0 Å². The minimum absolute atomic E-state index is 0.0372. The standard InChI is InChI=1S/C10H12ClNS/c1-6-7(11)8(10(2,3)4)13-9(6)12-5/h1-4H3. The average molecular weight is 214 g/mol. The molecular weight excluding hydrogens is 202 g/mol. The molecule has 1 aromatic heterocycles. The molecule has 0 aliphatic rings. The minimum atomic E-state index is 0.0372. The number of rotatable bonds is 0. The zero-order valence-corrected chi connectivity index (χ0v) is 9.81. The molecule has 0 aliphatic carbocycles. The van der Waals surface area contributed by atoms with Crippen molar-refractivity contribution < 1.29 is 0 Å². The third-order valence-electron chi connectivity index (χ3n) is 1.83. The highest BCUT2D eigenvalue weighted by Gasteiger charge is 2.23. The molecule has 0 radical (unpaired) electrons. The van der Waals surface area contributed by atoms with E-state index in [1.54, 1.807) is 0 Å². The van der Waals surface area contributed by atoms with Crippen LogP contribution in [-0.4, -0.2) is 0 Å². The molecule has 0 fully saturated rings. The monoisotopic (exact) mass is 213 g/mol. The van der Waals surface area contributed by atoms with Gasteiger partial charge in [0.25, 0.3) is 0 Å². The Bertz CT molecular complexity index is 366. The van der Waals surface area contributed by atoms with Gasteiger partial charge in [-0.05, 0) is 17.9 Å². The Balaban J connectivity index is 3.36. The molecule has 1 heterocycles. The summed E-state index contributed by atoms with van der Waals surface area (Å²) in [6.07, 6.45) is 0. The molecule has 0 saturated carbocycles. The maximum atomic E-state index is 6.98. The number of nitrogens with zero attached hydrogens (tertiary/aromatic N) is 1. The van der Waals surface area contributed by atoms with Crippen LogP contribution in [-0.2, 0) is 5.41 Å². The van der Waals surface area contributed by atoms with Crippen LogP contribution in [0.5, 0.6) is 0 Å². The van der Waals surface area contributed by atoms with E-state index in [0.717, 1.165) is 20.5 Å². The van der Waals surface area contributed by atoms with Crippen LogP contribution in [0.1, 0.15) is 31.2 Å². The molecule has 1 rings (SSSR count). The summed E-state index contributed by atoms with van der Waals surface area (Å²) in [5, 5.41) is 1.48. The Morgan fingerprint density at radius 2 is 1.92 bits per heavy atom. The van der Waals surface area contributed by atoms with E-state index in [1.165, 1.54) is 11.3 Å². The Kier molecular flexibility index (Phi) is 2.70. The summed E-state index contributed by atoms with van der Waals surface area (Å²) < 4.78 is 0. The fourth-order valence-corrected chi connectivity index (χ4v) is 2.66. The highest BCUT2D eigenvalue weighted by molar-refractivity contribution is 7.17. The zero-order chi connectivity index (χ0) is 10.2. The van der Waals surface area contributed by atoms with E-state index in [1.807, 2.05) is 6.92 Å². The third-order valence-corrected chi connectivity index (χ3v) is 4.03. The first kappa shape index (κ1) is 10.6. The molecule has 0 atom stereocenters. The molecule has 1 nitrogen and oxygen atoms in total. The normalized spacial score (nSPS) is 11.4. The van der Waals surface area contributed by atoms with E-state index in [2.05, 4.69) is 25.6 Å². The van der Waals surface area contributed by atoms with Gasteiger partial charge in [0.05, 0.1) is 6.57 Å². The van der Waals surface area contributed by atoms with Crippen LogP contribution < -0.4 is 0 Å². The summed E-state index contributed by atoms with van der Waals surface area (Å²) in [6, 6.07) is 0. The summed E-state index contributed by atoms with van der Waals surface area (Å²) in [4.78, 5) is 4.56. The Labute approximate surface area is 88.2 Å². The molecule has 0 saturated heterocycles. The first-order valence-electron chi connectivity index (χ1n) is 4.04. The van der Waals surface area contributed by atoms with Crippen molar-refractivity contribution in [2.45, 2.75) is 33.1 Å². The highest BCUT2D eigenvalue weighted by Crippen LogP contribution is 2.44. The van der Waals surface area contributed by atoms with Gasteiger partial charge in [-0.15, -0.1) is 0 Å². The van der Waals surface area contributed by atoms with E-state index in [-0.39, 0.29) is 5.41 Å². The molecule has 3 heteroatoms. The second-order valence-corrected chi connectivity index (χ2v) is 5.41. The van der Waals surface area contributed by atoms with Crippen LogP contribution in [0.4, 0.5) is 5.00 Å². The number of hydrogen-bond donors (Lipinski definition) is 0. The van der Waals surface area contributed by atoms with Gasteiger partial charge in [0.15, 0.2) is 0 Å². The lowest BCUT2D eigenvalue weighted by Gasteiger charge is -2.17. The van der Waals surface area contributed by atoms with Crippen LogP contribution in [0.15, 0.2) is 0 Å². The Morgan fingerprint density at radius 1 is 1.38 bits per heavy atom. The predicted molar refractivity (Wildman–Crippen MR) is 59.0 cm³/mol. The SMILES string of the molecule is [C-]#[N+]c1sc(C(C)(C)C)c(Cl)c1C. The zero-order valence-electron chi connectivity index (χ0n) is 8.23. The summed E-state index contributed by atoms with van der Waals surface area (Å²) >= 11 is 7.65. The van der Waals surface area contributed by atoms with Gasteiger partial charge in [0, 0.05) is 9.90 Å². The highest BCUT2D eigenvalue weighted by atomic mass is 35.5. The average Bonchev–Trinajstić information content (AvgIpc) is 2.28. The first-order chi connectivity index (χ1) is 5.88. The van der Waals surface area contributed by atoms with Crippen molar-refractivity contribution in [3.8, 4) is 0 Å². The molecule has 0 aromatic carbocycles. The molecule has 0 aliphatic heterocycles. The minimum Gasteiger partial charge on any atom is -0.226 e. The lowest BCUT2D eigenvalue weighted by atomic mass is 9.94. The molecule has 1 aromatic rings. The third kappa shape index (κ3) is 1.87. The van der Waals surface area contributed by atoms with E-state index < -0.39 is 0 Å². The summed E-state index contributed by atoms with van der Waals surface area (Å²) in [6.45, 7) is 15.2. The number of hydrogen-bond acceptors (Lipinski definition) is 1. The van der Waals surface area contributed by atoms with Crippen LogP contribution >= 0.6 is 22.9 Å². The topological polar surface area (TPSA) is 4.36 Å². The summed E-state index contributed by atoms with van der Waals surface area (Å²) in [5.41, 5.74) is 0.960. The lowest BCUT2D eigenvalue weighted by molar-refractivity contribution is 0.604. The Morgan fingerprint density at radius 3 is 2.15 bits per heavy atom. The van der Waals surface area contributed by atoms with E-state index in [0.29, 0.717) is 0 Å². The maximum Gasteiger partial charge on any atom is 0.245 e. The molecule has 13 heavy (non-hydrogen) atoms. The number of thiophene rings is 1. The van der Waals surface area contributed by atoms with Crippen molar-refractivity contribution in [2.24, 2.45) is 0 Å². The van der Waals surface area contributed by atoms with Crippen LogP contribution in [0.25, 0.3) is 4.85 Å². The van der Waals surface area contributed by atoms with Crippen molar-refractivity contribution in [1.82, 2.24) is 0 Å². The van der Waals surface area contributed by atoms with E-state index >= 15 is 0 Å². The molecular formula is C10H12ClNS. The van der Waals surface area contributed by atoms with Gasteiger partial charge in [-0.25, -0.2) is 4.85 Å². The molecule has 0 bridgehead atoms. The smallest absolute Gasteiger partial charge is 0.226 e. The van der Waals surface area contributed by atoms with Crippen molar-refractivity contribution in [3.63, 3.8) is 0 Å². The molecule has 0 amide bonds. The van der Waals surface area contributed by atoms with Crippen molar-refractivity contribution in [2.75, 3.05) is 0 Å². The van der Waals surface area contributed by atoms with E-state index in [4.69, 9.17) is 18.2 Å². The van der Waals surface area contributed by atoms with Crippen LogP contribution in [0, 0.1) is 13.5 Å². The first-order valence-corrected chi connectivity index (χ1v) is 5.24. The predicted octanol–water partition coefficient (Wildman–Crippen LogP) is 4.56. The van der Waals surface area contributed by atoms with Gasteiger partial charge >= 0.3 is 0 Å². The largest absolute Gasteiger partial charge is 0.245 e. The van der Waals surface area contributed by atoms with Crippen LogP contribution in [0.2, 0.25) is 5.02 Å². The molecule has 0 N–H and O–H groups in total. The molecule has 70 valence electrons. The van der Waals surface area contributed by atoms with E-state index in [9.17, 15) is 0 Å². The maximum absolute atomic E-state index is 6.98. The lowest BCUT2D eigenvalue weighted by Crippen LogP contribution is -2.08. The van der Waals surface area contributed by atoms with Crippen molar-refractivity contribution in [3.05, 3.63) is 26.9 Å². The molecule has 0 unspecified atom stereocenters. The second-order valence-electron chi connectivity index (χ2n) is 4.04. The van der Waals surface area contributed by atoms with Gasteiger partial charge in [-0.1, -0.05) is 32.4 Å². The Hall–Kier alpha value is -0.520. The quantitative estimate of drug-likeness (QED) is 0.557. The van der Waals surface area contributed by atoms with Gasteiger partial charge in [0.2, 0.25) is 5.00 Å².